The lowest BCUT2D eigenvalue weighted by Crippen LogP contribution is -2.60. The van der Waals surface area contributed by atoms with Crippen LogP contribution in [0.25, 0.3) is 0 Å². The van der Waals surface area contributed by atoms with E-state index in [-0.39, 0.29) is 36.1 Å². The third-order valence-corrected chi connectivity index (χ3v) is 7.80. The molecule has 2 rings (SSSR count). The maximum atomic E-state index is 13.8. The van der Waals surface area contributed by atoms with Gasteiger partial charge in [0.1, 0.15) is 17.7 Å². The molecule has 10 nitrogen and oxygen atoms in total. The molecule has 2 aliphatic rings. The minimum atomic E-state index is -1.10. The van der Waals surface area contributed by atoms with Crippen molar-refractivity contribution in [2.45, 2.75) is 116 Å². The Hall–Kier alpha value is -2.36. The van der Waals surface area contributed by atoms with Crippen molar-refractivity contribution in [3.05, 3.63) is 0 Å². The molecule has 2 bridgehead atoms. The summed E-state index contributed by atoms with van der Waals surface area (Å²) in [7, 11) is 3.18. The fourth-order valence-corrected chi connectivity index (χ4v) is 5.85. The Bertz CT molecular complexity index is 840. The number of hydrogen-bond donors (Lipinski definition) is 2. The second kappa shape index (κ2) is 12.5. The number of likely N-dealkylation sites (N-methyl/N-ethyl adjacent to an activating group) is 1. The molecular formula is C27H47N3O7. The van der Waals surface area contributed by atoms with E-state index in [0.29, 0.717) is 6.42 Å². The Labute approximate surface area is 221 Å². The van der Waals surface area contributed by atoms with E-state index in [1.54, 1.807) is 32.7 Å². The lowest BCUT2D eigenvalue weighted by Gasteiger charge is -2.40. The van der Waals surface area contributed by atoms with Crippen LogP contribution in [0, 0.1) is 17.8 Å². The molecule has 1 heterocycles. The lowest BCUT2D eigenvalue weighted by molar-refractivity contribution is -0.161. The highest BCUT2D eigenvalue weighted by molar-refractivity contribution is 5.92. The number of likely N-dealkylation sites (tertiary alicyclic amines) is 1. The van der Waals surface area contributed by atoms with Gasteiger partial charge in [0.05, 0.1) is 18.6 Å². The van der Waals surface area contributed by atoms with Gasteiger partial charge < -0.3 is 24.8 Å². The largest absolute Gasteiger partial charge is 0.465 e. The number of rotatable bonds is 11. The van der Waals surface area contributed by atoms with Crippen molar-refractivity contribution in [3.63, 3.8) is 0 Å². The highest BCUT2D eigenvalue weighted by Gasteiger charge is 2.52. The van der Waals surface area contributed by atoms with Crippen molar-refractivity contribution < 1.29 is 33.8 Å². The van der Waals surface area contributed by atoms with Crippen LogP contribution in [0.5, 0.6) is 0 Å². The summed E-state index contributed by atoms with van der Waals surface area (Å²) in [5.41, 5.74) is -0.639. The molecule has 0 aromatic carbocycles. The van der Waals surface area contributed by atoms with Crippen molar-refractivity contribution in [3.8, 4) is 0 Å². The summed E-state index contributed by atoms with van der Waals surface area (Å²) in [6, 6.07) is -2.21. The summed E-state index contributed by atoms with van der Waals surface area (Å²) in [6.45, 7) is 13.1. The third kappa shape index (κ3) is 7.36. The molecule has 1 saturated heterocycles. The molecule has 1 aliphatic carbocycles. The van der Waals surface area contributed by atoms with Crippen molar-refractivity contribution >= 4 is 23.9 Å². The zero-order chi connectivity index (χ0) is 28.2. The van der Waals surface area contributed by atoms with Gasteiger partial charge in [-0.2, -0.15) is 0 Å². The van der Waals surface area contributed by atoms with Gasteiger partial charge in [-0.1, -0.05) is 34.1 Å². The van der Waals surface area contributed by atoms with Crippen LogP contribution in [0.1, 0.15) is 80.6 Å². The molecule has 0 spiro atoms. The van der Waals surface area contributed by atoms with E-state index in [0.717, 1.165) is 19.3 Å². The highest BCUT2D eigenvalue weighted by Crippen LogP contribution is 2.42. The first-order valence-corrected chi connectivity index (χ1v) is 13.5. The lowest BCUT2D eigenvalue weighted by atomic mass is 9.89. The average Bonchev–Trinajstić information content (AvgIpc) is 3.41. The molecule has 0 aromatic rings. The summed E-state index contributed by atoms with van der Waals surface area (Å²) in [4.78, 5) is 54.5. The molecule has 7 atom stereocenters. The first-order valence-electron chi connectivity index (χ1n) is 13.5. The van der Waals surface area contributed by atoms with Gasteiger partial charge >= 0.3 is 12.1 Å². The van der Waals surface area contributed by atoms with Gasteiger partial charge in [0.2, 0.25) is 11.8 Å². The van der Waals surface area contributed by atoms with Crippen LogP contribution < -0.4 is 5.32 Å². The molecule has 0 aromatic heterocycles. The predicted molar refractivity (Wildman–Crippen MR) is 139 cm³/mol. The SMILES string of the molecule is CCC(C)C(C(CC(=O)OC(C)(C)C)OC)N(C)C(=O)C(NC(=O)[C@@H]1[C@H]2CC[C@H](C2)N1C(=O)O)C(C)C. The van der Waals surface area contributed by atoms with Gasteiger partial charge in [-0.25, -0.2) is 4.79 Å². The van der Waals surface area contributed by atoms with E-state index in [4.69, 9.17) is 9.47 Å². The number of carbonyl (C=O) groups excluding carboxylic acids is 3. The third-order valence-electron chi connectivity index (χ3n) is 7.80. The summed E-state index contributed by atoms with van der Waals surface area (Å²) >= 11 is 0. The Morgan fingerprint density at radius 3 is 2.24 bits per heavy atom. The Morgan fingerprint density at radius 1 is 1.14 bits per heavy atom. The predicted octanol–water partition coefficient (Wildman–Crippen LogP) is 3.28. The molecule has 2 fully saturated rings. The molecule has 212 valence electrons. The second-order valence-electron chi connectivity index (χ2n) is 12.0. The van der Waals surface area contributed by atoms with E-state index in [9.17, 15) is 24.3 Å². The molecule has 2 N–H and O–H groups in total. The number of methoxy groups -OCH3 is 1. The van der Waals surface area contributed by atoms with Crippen molar-refractivity contribution in [2.75, 3.05) is 14.2 Å². The van der Waals surface area contributed by atoms with E-state index >= 15 is 0 Å². The van der Waals surface area contributed by atoms with Crippen molar-refractivity contribution in [2.24, 2.45) is 17.8 Å². The highest BCUT2D eigenvalue weighted by atomic mass is 16.6. The molecule has 1 saturated carbocycles. The fraction of sp³-hybridized carbons (Fsp3) is 0.852. The van der Waals surface area contributed by atoms with E-state index in [1.165, 1.54) is 12.0 Å². The normalized spacial score (nSPS) is 24.4. The topological polar surface area (TPSA) is 125 Å². The van der Waals surface area contributed by atoms with Crippen LogP contribution >= 0.6 is 0 Å². The Morgan fingerprint density at radius 2 is 1.76 bits per heavy atom. The number of nitrogens with zero attached hydrogens (tertiary/aromatic N) is 2. The van der Waals surface area contributed by atoms with E-state index in [2.05, 4.69) is 5.32 Å². The van der Waals surface area contributed by atoms with E-state index < -0.39 is 47.8 Å². The minimum absolute atomic E-state index is 0.00193. The van der Waals surface area contributed by atoms with Crippen LogP contribution in [-0.2, 0) is 23.9 Å². The monoisotopic (exact) mass is 525 g/mol. The van der Waals surface area contributed by atoms with Crippen LogP contribution in [0.2, 0.25) is 0 Å². The van der Waals surface area contributed by atoms with Gasteiger partial charge in [-0.05, 0) is 57.8 Å². The first-order chi connectivity index (χ1) is 17.1. The van der Waals surface area contributed by atoms with Crippen molar-refractivity contribution in [1.82, 2.24) is 15.1 Å². The molecule has 0 radical (unpaired) electrons. The summed E-state index contributed by atoms with van der Waals surface area (Å²) < 4.78 is 11.2. The van der Waals surface area contributed by atoms with Gasteiger partial charge in [-0.15, -0.1) is 0 Å². The molecule has 10 heteroatoms. The number of hydrogen-bond acceptors (Lipinski definition) is 6. The van der Waals surface area contributed by atoms with Gasteiger partial charge in [0.25, 0.3) is 0 Å². The van der Waals surface area contributed by atoms with Gasteiger partial charge in [-0.3, -0.25) is 19.3 Å². The molecular weight excluding hydrogens is 478 g/mol. The number of piperidine rings is 1. The second-order valence-corrected chi connectivity index (χ2v) is 12.0. The number of esters is 1. The summed E-state index contributed by atoms with van der Waals surface area (Å²) in [5.74, 6) is -1.40. The molecule has 1 aliphatic heterocycles. The fourth-order valence-electron chi connectivity index (χ4n) is 5.85. The van der Waals surface area contributed by atoms with Crippen LogP contribution in [-0.4, -0.2) is 88.8 Å². The number of amides is 3. The maximum absolute atomic E-state index is 13.8. The van der Waals surface area contributed by atoms with E-state index in [1.807, 2.05) is 27.7 Å². The van der Waals surface area contributed by atoms with Gasteiger partial charge in [0, 0.05) is 20.2 Å². The summed E-state index contributed by atoms with van der Waals surface area (Å²) in [5, 5.41) is 12.6. The van der Waals surface area contributed by atoms with Crippen LogP contribution in [0.3, 0.4) is 0 Å². The number of carbonyl (C=O) groups is 4. The number of carboxylic acid groups (broad SMARTS) is 1. The quantitative estimate of drug-likeness (QED) is 0.397. The van der Waals surface area contributed by atoms with Crippen LogP contribution in [0.4, 0.5) is 4.79 Å². The zero-order valence-corrected chi connectivity index (χ0v) is 23.9. The average molecular weight is 526 g/mol. The minimum Gasteiger partial charge on any atom is -0.465 e. The summed E-state index contributed by atoms with van der Waals surface area (Å²) in [6.07, 6.45) is 1.28. The first kappa shape index (κ1) is 30.9. The number of fused-ring (bicyclic) bond motifs is 2. The van der Waals surface area contributed by atoms with Crippen LogP contribution in [0.15, 0.2) is 0 Å². The number of ether oxygens (including phenoxy) is 2. The zero-order valence-electron chi connectivity index (χ0n) is 23.9. The molecule has 3 amide bonds. The standard InChI is InChI=1S/C27H47N3O7/c1-10-16(4)22(19(36-9)14-20(31)37-27(5,6)7)29(8)25(33)21(15(2)3)28-24(32)23-17-11-12-18(13-17)30(23)26(34)35/h15-19,21-23H,10-14H2,1-9H3,(H,28,32)(H,34,35)/t16?,17-,18+,19?,21?,22?,23-/m0/s1. The number of nitrogens with one attached hydrogen (secondary N) is 1. The smallest absolute Gasteiger partial charge is 0.408 e. The molecule has 4 unspecified atom stereocenters. The van der Waals surface area contributed by atoms with Crippen molar-refractivity contribution in [1.29, 1.82) is 0 Å². The Balaban J connectivity index is 2.24. The molecule has 37 heavy (non-hydrogen) atoms. The maximum Gasteiger partial charge on any atom is 0.408 e. The van der Waals surface area contributed by atoms with Gasteiger partial charge in [0.15, 0.2) is 0 Å². The Kier molecular flexibility index (Phi) is 10.4.